The molecule has 4 unspecified atom stereocenters. The van der Waals surface area contributed by atoms with E-state index in [0.29, 0.717) is 17.9 Å². The fraction of sp³-hybridized carbons (Fsp3) is 0.786. The number of hydrogen-bond acceptors (Lipinski definition) is 5. The average Bonchev–Trinajstić information content (AvgIpc) is 3.00. The lowest BCUT2D eigenvalue weighted by Crippen LogP contribution is -2.30. The summed E-state index contributed by atoms with van der Waals surface area (Å²) in [6.45, 7) is 5.00. The van der Waals surface area contributed by atoms with Gasteiger partial charge in [0.1, 0.15) is 0 Å². The van der Waals surface area contributed by atoms with Gasteiger partial charge in [-0.25, -0.2) is 0 Å². The molecule has 0 aliphatic heterocycles. The average molecular weight is 296 g/mol. The van der Waals surface area contributed by atoms with E-state index in [1.165, 1.54) is 25.7 Å². The van der Waals surface area contributed by atoms with Crippen molar-refractivity contribution in [3.63, 3.8) is 0 Å². The Bertz CT molecular complexity index is 481. The second-order valence-corrected chi connectivity index (χ2v) is 6.39. The molecule has 110 valence electrons. The molecule has 0 radical (unpaired) electrons. The number of aromatic nitrogens is 3. The van der Waals surface area contributed by atoms with Crippen molar-refractivity contribution in [2.45, 2.75) is 45.6 Å². The van der Waals surface area contributed by atoms with Gasteiger partial charge in [-0.1, -0.05) is 6.42 Å². The summed E-state index contributed by atoms with van der Waals surface area (Å²) in [5, 5.41) is 6.73. The van der Waals surface area contributed by atoms with Crippen LogP contribution in [0.4, 0.5) is 11.9 Å². The van der Waals surface area contributed by atoms with Crippen molar-refractivity contribution in [2.75, 3.05) is 17.2 Å². The van der Waals surface area contributed by atoms with Gasteiger partial charge in [0, 0.05) is 12.6 Å². The number of hydrogen-bond donors (Lipinski definition) is 2. The third kappa shape index (κ3) is 2.82. The molecular weight excluding hydrogens is 274 g/mol. The maximum atomic E-state index is 5.95. The van der Waals surface area contributed by atoms with Crippen LogP contribution in [-0.4, -0.2) is 27.5 Å². The van der Waals surface area contributed by atoms with E-state index in [4.69, 9.17) is 11.6 Å². The van der Waals surface area contributed by atoms with Gasteiger partial charge in [0.2, 0.25) is 17.2 Å². The fourth-order valence-electron chi connectivity index (χ4n) is 3.87. The highest BCUT2D eigenvalue weighted by molar-refractivity contribution is 6.28. The van der Waals surface area contributed by atoms with Gasteiger partial charge in [-0.2, -0.15) is 15.0 Å². The SMILES string of the molecule is CCNc1nc(Cl)nc(NC(C)C2CC3CCC2C3)n1. The van der Waals surface area contributed by atoms with E-state index in [-0.39, 0.29) is 5.28 Å². The first-order valence-electron chi connectivity index (χ1n) is 7.57. The largest absolute Gasteiger partial charge is 0.354 e. The van der Waals surface area contributed by atoms with Crippen molar-refractivity contribution >= 4 is 23.5 Å². The minimum absolute atomic E-state index is 0.235. The molecule has 0 amide bonds. The van der Waals surface area contributed by atoms with Crippen molar-refractivity contribution in [1.82, 2.24) is 15.0 Å². The molecule has 3 rings (SSSR count). The van der Waals surface area contributed by atoms with Gasteiger partial charge in [0.15, 0.2) is 0 Å². The Morgan fingerprint density at radius 3 is 2.65 bits per heavy atom. The van der Waals surface area contributed by atoms with E-state index in [0.717, 1.165) is 24.3 Å². The van der Waals surface area contributed by atoms with E-state index >= 15 is 0 Å². The monoisotopic (exact) mass is 295 g/mol. The summed E-state index contributed by atoms with van der Waals surface area (Å²) in [5.41, 5.74) is 0. The van der Waals surface area contributed by atoms with E-state index in [9.17, 15) is 0 Å². The van der Waals surface area contributed by atoms with Crippen LogP contribution >= 0.6 is 11.6 Å². The molecule has 1 heterocycles. The first kappa shape index (κ1) is 13.9. The van der Waals surface area contributed by atoms with Crippen LogP contribution in [0.5, 0.6) is 0 Å². The smallest absolute Gasteiger partial charge is 0.229 e. The highest BCUT2D eigenvalue weighted by atomic mass is 35.5. The maximum Gasteiger partial charge on any atom is 0.229 e. The molecule has 0 spiro atoms. The normalized spacial score (nSPS) is 29.4. The molecule has 6 heteroatoms. The standard InChI is InChI=1S/C14H22ClN5/c1-3-16-13-18-12(15)19-14(20-13)17-8(2)11-7-9-4-5-10(11)6-9/h8-11H,3-7H2,1-2H3,(H2,16,17,18,19,20). The Kier molecular flexibility index (Phi) is 3.96. The lowest BCUT2D eigenvalue weighted by atomic mass is 9.84. The molecule has 20 heavy (non-hydrogen) atoms. The molecule has 4 atom stereocenters. The number of nitrogens with zero attached hydrogens (tertiary/aromatic N) is 3. The summed E-state index contributed by atoms with van der Waals surface area (Å²) in [7, 11) is 0. The number of anilines is 2. The van der Waals surface area contributed by atoms with E-state index in [1.54, 1.807) is 0 Å². The Balaban J connectivity index is 1.67. The first-order valence-corrected chi connectivity index (χ1v) is 7.95. The molecule has 2 saturated carbocycles. The van der Waals surface area contributed by atoms with Crippen LogP contribution in [0.3, 0.4) is 0 Å². The third-order valence-electron chi connectivity index (χ3n) is 4.73. The van der Waals surface area contributed by atoms with Crippen LogP contribution in [-0.2, 0) is 0 Å². The summed E-state index contributed by atoms with van der Waals surface area (Å²) in [6, 6.07) is 0.387. The predicted molar refractivity (Wildman–Crippen MR) is 81.0 cm³/mol. The molecule has 0 aromatic carbocycles. The Labute approximate surface area is 124 Å². The first-order chi connectivity index (χ1) is 9.65. The van der Waals surface area contributed by atoms with Gasteiger partial charge >= 0.3 is 0 Å². The number of halogens is 1. The van der Waals surface area contributed by atoms with Crippen molar-refractivity contribution in [1.29, 1.82) is 0 Å². The molecule has 2 bridgehead atoms. The Morgan fingerprint density at radius 1 is 1.20 bits per heavy atom. The van der Waals surface area contributed by atoms with Gasteiger partial charge < -0.3 is 10.6 Å². The minimum Gasteiger partial charge on any atom is -0.354 e. The van der Waals surface area contributed by atoms with Gasteiger partial charge in [0.05, 0.1) is 0 Å². The zero-order valence-electron chi connectivity index (χ0n) is 12.1. The molecule has 1 aromatic heterocycles. The van der Waals surface area contributed by atoms with Crippen LogP contribution in [0.25, 0.3) is 0 Å². The summed E-state index contributed by atoms with van der Waals surface area (Å²) in [4.78, 5) is 12.6. The van der Waals surface area contributed by atoms with E-state index in [2.05, 4.69) is 32.5 Å². The summed E-state index contributed by atoms with van der Waals surface area (Å²) >= 11 is 5.95. The molecule has 1 aromatic rings. The molecular formula is C14H22ClN5. The highest BCUT2D eigenvalue weighted by Crippen LogP contribution is 2.49. The summed E-state index contributed by atoms with van der Waals surface area (Å²) < 4.78 is 0. The number of rotatable bonds is 5. The quantitative estimate of drug-likeness (QED) is 0.873. The van der Waals surface area contributed by atoms with Crippen molar-refractivity contribution < 1.29 is 0 Å². The maximum absolute atomic E-state index is 5.95. The second-order valence-electron chi connectivity index (χ2n) is 6.05. The summed E-state index contributed by atoms with van der Waals surface area (Å²) in [6.07, 6.45) is 5.58. The van der Waals surface area contributed by atoms with Gasteiger partial charge in [-0.3, -0.25) is 0 Å². The highest BCUT2D eigenvalue weighted by Gasteiger charge is 2.41. The van der Waals surface area contributed by atoms with Gasteiger partial charge in [0.25, 0.3) is 0 Å². The zero-order chi connectivity index (χ0) is 14.1. The van der Waals surface area contributed by atoms with Crippen LogP contribution in [0.15, 0.2) is 0 Å². The lowest BCUT2D eigenvalue weighted by molar-refractivity contribution is 0.303. The topological polar surface area (TPSA) is 62.7 Å². The lowest BCUT2D eigenvalue weighted by Gasteiger charge is -2.28. The molecule has 5 nitrogen and oxygen atoms in total. The van der Waals surface area contributed by atoms with Gasteiger partial charge in [-0.15, -0.1) is 0 Å². The van der Waals surface area contributed by atoms with Crippen LogP contribution in [0.2, 0.25) is 5.28 Å². The van der Waals surface area contributed by atoms with Crippen molar-refractivity contribution in [2.24, 2.45) is 17.8 Å². The number of fused-ring (bicyclic) bond motifs is 2. The molecule has 2 aliphatic rings. The molecule has 2 fully saturated rings. The molecule has 0 saturated heterocycles. The van der Waals surface area contributed by atoms with Crippen molar-refractivity contribution in [3.8, 4) is 0 Å². The second kappa shape index (κ2) is 5.72. The van der Waals surface area contributed by atoms with Crippen LogP contribution < -0.4 is 10.6 Å². The van der Waals surface area contributed by atoms with Crippen LogP contribution in [0, 0.1) is 17.8 Å². The predicted octanol–water partition coefficient (Wildman–Crippen LogP) is 3.19. The number of nitrogens with one attached hydrogen (secondary N) is 2. The van der Waals surface area contributed by atoms with Crippen LogP contribution in [0.1, 0.15) is 39.5 Å². The minimum atomic E-state index is 0.235. The van der Waals surface area contributed by atoms with Gasteiger partial charge in [-0.05, 0) is 62.5 Å². The zero-order valence-corrected chi connectivity index (χ0v) is 12.8. The molecule has 2 aliphatic carbocycles. The molecule has 2 N–H and O–H groups in total. The Morgan fingerprint density at radius 2 is 2.00 bits per heavy atom. The summed E-state index contributed by atoms with van der Waals surface area (Å²) in [5.74, 6) is 3.69. The Hall–Kier alpha value is -1.10. The van der Waals surface area contributed by atoms with E-state index in [1.807, 2.05) is 6.92 Å². The fourth-order valence-corrected chi connectivity index (χ4v) is 4.03. The van der Waals surface area contributed by atoms with E-state index < -0.39 is 0 Å². The van der Waals surface area contributed by atoms with Crippen molar-refractivity contribution in [3.05, 3.63) is 5.28 Å². The third-order valence-corrected chi connectivity index (χ3v) is 4.90.